The number of benzene rings is 3. The van der Waals surface area contributed by atoms with Crippen LogP contribution in [-0.2, 0) is 16.4 Å². The lowest BCUT2D eigenvalue weighted by atomic mass is 10.1. The lowest BCUT2D eigenvalue weighted by Crippen LogP contribution is -2.35. The minimum atomic E-state index is -3.67. The molecule has 0 fully saturated rings. The van der Waals surface area contributed by atoms with E-state index >= 15 is 0 Å². The van der Waals surface area contributed by atoms with E-state index in [9.17, 15) is 13.2 Å². The van der Waals surface area contributed by atoms with E-state index in [1.165, 1.54) is 0 Å². The molecule has 0 radical (unpaired) electrons. The van der Waals surface area contributed by atoms with Crippen molar-refractivity contribution in [1.82, 2.24) is 0 Å². The first-order chi connectivity index (χ1) is 13.8. The largest absolute Gasteiger partial charge is 0.305 e. The molecule has 0 aliphatic carbocycles. The number of amides is 1. The fourth-order valence-corrected chi connectivity index (χ4v) is 4.69. The second-order valence-corrected chi connectivity index (χ2v) is 9.04. The van der Waals surface area contributed by atoms with Crippen molar-refractivity contribution in [2.24, 2.45) is 0 Å². The predicted molar refractivity (Wildman–Crippen MR) is 115 cm³/mol. The molecule has 148 valence electrons. The van der Waals surface area contributed by atoms with Gasteiger partial charge in [-0.3, -0.25) is 9.52 Å². The zero-order chi connectivity index (χ0) is 20.6. The van der Waals surface area contributed by atoms with Crippen LogP contribution < -0.4 is 9.62 Å². The second-order valence-electron chi connectivity index (χ2n) is 7.35. The van der Waals surface area contributed by atoms with E-state index in [0.29, 0.717) is 11.3 Å². The van der Waals surface area contributed by atoms with Crippen molar-refractivity contribution in [2.75, 3.05) is 9.62 Å². The number of aryl methyl sites for hydroxylation is 1. The molecule has 29 heavy (non-hydrogen) atoms. The third-order valence-electron chi connectivity index (χ3n) is 5.14. The Morgan fingerprint density at radius 1 is 0.966 bits per heavy atom. The van der Waals surface area contributed by atoms with Gasteiger partial charge in [0.15, 0.2) is 0 Å². The van der Waals surface area contributed by atoms with Crippen LogP contribution in [0.15, 0.2) is 77.7 Å². The van der Waals surface area contributed by atoms with Gasteiger partial charge in [0.25, 0.3) is 15.9 Å². The van der Waals surface area contributed by atoms with Crippen molar-refractivity contribution in [3.05, 3.63) is 89.5 Å². The third-order valence-corrected chi connectivity index (χ3v) is 6.54. The molecular weight excluding hydrogens is 384 g/mol. The summed E-state index contributed by atoms with van der Waals surface area (Å²) >= 11 is 0. The number of nitrogens with zero attached hydrogens (tertiary/aromatic N) is 1. The Balaban J connectivity index is 1.54. The van der Waals surface area contributed by atoms with Gasteiger partial charge in [0.05, 0.1) is 4.90 Å². The number of para-hydroxylation sites is 1. The van der Waals surface area contributed by atoms with E-state index in [4.69, 9.17) is 0 Å². The molecule has 1 atom stereocenters. The fourth-order valence-electron chi connectivity index (χ4n) is 3.63. The Hall–Kier alpha value is -3.12. The van der Waals surface area contributed by atoms with E-state index in [-0.39, 0.29) is 16.8 Å². The summed E-state index contributed by atoms with van der Waals surface area (Å²) in [4.78, 5) is 15.1. The number of anilines is 2. The van der Waals surface area contributed by atoms with Crippen LogP contribution in [-0.4, -0.2) is 20.4 Å². The first-order valence-corrected chi connectivity index (χ1v) is 10.9. The van der Waals surface area contributed by atoms with Crippen LogP contribution in [0.3, 0.4) is 0 Å². The standard InChI is InChI=1S/C23H22N2O3S/c1-16-7-13-21(14-8-16)29(27,28)24-20-11-9-18(10-12-20)23(26)25-17(2)15-19-5-3-4-6-22(19)25/h3-14,17,24H,15H2,1-2H3. The van der Waals surface area contributed by atoms with Crippen LogP contribution in [0.25, 0.3) is 0 Å². The lowest BCUT2D eigenvalue weighted by molar-refractivity contribution is 0.0981. The molecule has 1 amide bonds. The topological polar surface area (TPSA) is 66.5 Å². The summed E-state index contributed by atoms with van der Waals surface area (Å²) in [5, 5.41) is 0. The van der Waals surface area contributed by atoms with Gasteiger partial charge in [-0.25, -0.2) is 8.42 Å². The molecule has 4 rings (SSSR count). The fraction of sp³-hybridized carbons (Fsp3) is 0.174. The van der Waals surface area contributed by atoms with Gasteiger partial charge in [-0.2, -0.15) is 0 Å². The Labute approximate surface area is 171 Å². The number of carbonyl (C=O) groups excluding carboxylic acids is 1. The smallest absolute Gasteiger partial charge is 0.261 e. The minimum absolute atomic E-state index is 0.0830. The first kappa shape index (κ1) is 19.2. The summed E-state index contributed by atoms with van der Waals surface area (Å²) in [5.41, 5.74) is 4.03. The number of nitrogens with one attached hydrogen (secondary N) is 1. The molecular formula is C23H22N2O3S. The number of hydrogen-bond acceptors (Lipinski definition) is 3. The van der Waals surface area contributed by atoms with Gasteiger partial charge in [0.1, 0.15) is 0 Å². The van der Waals surface area contributed by atoms with Crippen molar-refractivity contribution in [3.8, 4) is 0 Å². The molecule has 6 heteroatoms. The molecule has 1 aliphatic rings. The highest BCUT2D eigenvalue weighted by atomic mass is 32.2. The summed E-state index contributed by atoms with van der Waals surface area (Å²) in [6, 6.07) is 21.2. The number of carbonyl (C=O) groups is 1. The van der Waals surface area contributed by atoms with Crippen molar-refractivity contribution < 1.29 is 13.2 Å². The van der Waals surface area contributed by atoms with Gasteiger partial charge in [-0.15, -0.1) is 0 Å². The van der Waals surface area contributed by atoms with Gasteiger partial charge in [-0.05, 0) is 68.3 Å². The SMILES string of the molecule is Cc1ccc(S(=O)(=O)Nc2ccc(C(=O)N3c4ccccc4CC3C)cc2)cc1. The maximum Gasteiger partial charge on any atom is 0.261 e. The quantitative estimate of drug-likeness (QED) is 0.699. The monoisotopic (exact) mass is 406 g/mol. The number of rotatable bonds is 4. The molecule has 0 saturated heterocycles. The molecule has 3 aromatic carbocycles. The number of fused-ring (bicyclic) bond motifs is 1. The second kappa shape index (κ2) is 7.37. The molecule has 0 aromatic heterocycles. The normalized spacial score (nSPS) is 15.8. The Morgan fingerprint density at radius 2 is 1.62 bits per heavy atom. The first-order valence-electron chi connectivity index (χ1n) is 9.46. The summed E-state index contributed by atoms with van der Waals surface area (Å²) < 4.78 is 27.6. The van der Waals surface area contributed by atoms with Crippen molar-refractivity contribution in [2.45, 2.75) is 31.2 Å². The van der Waals surface area contributed by atoms with Crippen LogP contribution >= 0.6 is 0 Å². The molecule has 3 aromatic rings. The van der Waals surface area contributed by atoms with Crippen LogP contribution in [0.5, 0.6) is 0 Å². The molecule has 0 spiro atoms. The Kier molecular flexibility index (Phi) is 4.88. The Bertz CT molecular complexity index is 1150. The highest BCUT2D eigenvalue weighted by Gasteiger charge is 2.31. The molecule has 0 saturated carbocycles. The van der Waals surface area contributed by atoms with Crippen LogP contribution in [0, 0.1) is 6.92 Å². The van der Waals surface area contributed by atoms with Crippen LogP contribution in [0.2, 0.25) is 0 Å². The van der Waals surface area contributed by atoms with E-state index < -0.39 is 10.0 Å². The summed E-state index contributed by atoms with van der Waals surface area (Å²) in [6.45, 7) is 3.93. The summed E-state index contributed by atoms with van der Waals surface area (Å²) in [7, 11) is -3.67. The predicted octanol–water partition coefficient (Wildman–Crippen LogP) is 4.39. The molecule has 1 aliphatic heterocycles. The van der Waals surface area contributed by atoms with Crippen LogP contribution in [0.1, 0.15) is 28.4 Å². The van der Waals surface area contributed by atoms with Gasteiger partial charge < -0.3 is 4.90 Å². The van der Waals surface area contributed by atoms with E-state index in [1.54, 1.807) is 53.4 Å². The molecule has 5 nitrogen and oxygen atoms in total. The average Bonchev–Trinajstić information content (AvgIpc) is 3.04. The maximum absolute atomic E-state index is 13.1. The number of sulfonamides is 1. The van der Waals surface area contributed by atoms with Crippen LogP contribution in [0.4, 0.5) is 11.4 Å². The van der Waals surface area contributed by atoms with Gasteiger partial charge in [0.2, 0.25) is 0 Å². The highest BCUT2D eigenvalue weighted by Crippen LogP contribution is 2.33. The number of hydrogen-bond donors (Lipinski definition) is 1. The zero-order valence-electron chi connectivity index (χ0n) is 16.3. The lowest BCUT2D eigenvalue weighted by Gasteiger charge is -2.23. The summed E-state index contributed by atoms with van der Waals surface area (Å²) in [6.07, 6.45) is 0.830. The van der Waals surface area contributed by atoms with E-state index in [1.807, 2.05) is 38.1 Å². The van der Waals surface area contributed by atoms with Crippen molar-refractivity contribution in [1.29, 1.82) is 0 Å². The van der Waals surface area contributed by atoms with E-state index in [2.05, 4.69) is 4.72 Å². The van der Waals surface area contributed by atoms with Gasteiger partial charge in [0, 0.05) is 23.0 Å². The van der Waals surface area contributed by atoms with Gasteiger partial charge in [-0.1, -0.05) is 35.9 Å². The maximum atomic E-state index is 13.1. The average molecular weight is 407 g/mol. The highest BCUT2D eigenvalue weighted by molar-refractivity contribution is 7.92. The third kappa shape index (κ3) is 3.76. The summed E-state index contributed by atoms with van der Waals surface area (Å²) in [5.74, 6) is -0.0876. The molecule has 1 N–H and O–H groups in total. The van der Waals surface area contributed by atoms with E-state index in [0.717, 1.165) is 23.2 Å². The minimum Gasteiger partial charge on any atom is -0.305 e. The molecule has 0 bridgehead atoms. The van der Waals surface area contributed by atoms with Gasteiger partial charge >= 0.3 is 0 Å². The van der Waals surface area contributed by atoms with Crippen molar-refractivity contribution >= 4 is 27.3 Å². The molecule has 1 heterocycles. The van der Waals surface area contributed by atoms with Crippen molar-refractivity contribution in [3.63, 3.8) is 0 Å². The Morgan fingerprint density at radius 3 is 2.31 bits per heavy atom. The zero-order valence-corrected chi connectivity index (χ0v) is 17.1. The molecule has 1 unspecified atom stereocenters.